The van der Waals surface area contributed by atoms with Crippen LogP contribution in [0.15, 0.2) is 17.3 Å². The highest BCUT2D eigenvalue weighted by atomic mass is 32.2. The summed E-state index contributed by atoms with van der Waals surface area (Å²) in [6.07, 6.45) is 2.12. The first-order valence-electron chi connectivity index (χ1n) is 4.80. The highest BCUT2D eigenvalue weighted by Crippen LogP contribution is 2.06. The maximum atomic E-state index is 11.8. The van der Waals surface area contributed by atoms with Crippen LogP contribution < -0.4 is 10.5 Å². The highest BCUT2D eigenvalue weighted by Gasteiger charge is 2.20. The molecule has 0 fully saturated rings. The molecule has 0 radical (unpaired) electrons. The Kier molecular flexibility index (Phi) is 4.02. The van der Waals surface area contributed by atoms with Crippen molar-refractivity contribution in [3.05, 3.63) is 12.3 Å². The van der Waals surface area contributed by atoms with Crippen LogP contribution in [-0.4, -0.2) is 30.5 Å². The molecule has 1 aromatic heterocycles. The van der Waals surface area contributed by atoms with Gasteiger partial charge in [-0.25, -0.2) is 13.1 Å². The molecule has 0 saturated heterocycles. The van der Waals surface area contributed by atoms with Crippen LogP contribution in [0.1, 0.15) is 19.8 Å². The van der Waals surface area contributed by atoms with Gasteiger partial charge in [-0.2, -0.15) is 5.10 Å². The fourth-order valence-corrected chi connectivity index (χ4v) is 2.44. The summed E-state index contributed by atoms with van der Waals surface area (Å²) in [4.78, 5) is 0. The van der Waals surface area contributed by atoms with Crippen LogP contribution in [0, 0.1) is 5.41 Å². The first-order valence-corrected chi connectivity index (χ1v) is 6.28. The minimum atomic E-state index is -3.59. The van der Waals surface area contributed by atoms with Crippen LogP contribution in [0.4, 0.5) is 0 Å². The average molecular weight is 245 g/mol. The van der Waals surface area contributed by atoms with Crippen molar-refractivity contribution in [3.8, 4) is 0 Å². The second kappa shape index (κ2) is 5.08. The molecule has 16 heavy (non-hydrogen) atoms. The van der Waals surface area contributed by atoms with Gasteiger partial charge < -0.3 is 5.73 Å². The van der Waals surface area contributed by atoms with E-state index in [0.29, 0.717) is 6.42 Å². The fourth-order valence-electron chi connectivity index (χ4n) is 1.21. The molecule has 7 nitrogen and oxygen atoms in total. The summed E-state index contributed by atoms with van der Waals surface area (Å²) in [5.74, 6) is -0.0424. The zero-order valence-corrected chi connectivity index (χ0v) is 9.71. The number of aromatic amines is 1. The maximum absolute atomic E-state index is 11.8. The Balaban J connectivity index is 2.75. The molecule has 0 aromatic carbocycles. The lowest BCUT2D eigenvalue weighted by atomic mass is 10.1. The molecule has 1 heterocycles. The third-order valence-electron chi connectivity index (χ3n) is 2.05. The third-order valence-corrected chi connectivity index (χ3v) is 3.50. The second-order valence-electron chi connectivity index (χ2n) is 3.38. The summed E-state index contributed by atoms with van der Waals surface area (Å²) in [5, 5.41) is 13.1. The van der Waals surface area contributed by atoms with E-state index in [1.165, 1.54) is 12.3 Å². The Hall–Kier alpha value is -1.41. The average Bonchev–Trinajstić information content (AvgIpc) is 2.68. The molecule has 0 aliphatic carbocycles. The van der Waals surface area contributed by atoms with Crippen LogP contribution in [-0.2, 0) is 10.0 Å². The molecular formula is C8H15N5O2S. The van der Waals surface area contributed by atoms with Gasteiger partial charge in [-0.3, -0.25) is 10.5 Å². The molecule has 1 rings (SSSR count). The van der Waals surface area contributed by atoms with E-state index in [-0.39, 0.29) is 23.3 Å². The normalized spacial score (nSPS) is 13.6. The molecule has 0 bridgehead atoms. The van der Waals surface area contributed by atoms with Crippen LogP contribution in [0.2, 0.25) is 0 Å². The number of hydrogen-bond acceptors (Lipinski definition) is 4. The van der Waals surface area contributed by atoms with Gasteiger partial charge in [0.15, 0.2) is 5.03 Å². The van der Waals surface area contributed by atoms with E-state index >= 15 is 0 Å². The van der Waals surface area contributed by atoms with Crippen molar-refractivity contribution in [2.45, 2.75) is 30.8 Å². The lowest BCUT2D eigenvalue weighted by Gasteiger charge is -2.15. The van der Waals surface area contributed by atoms with Gasteiger partial charge in [-0.15, -0.1) is 0 Å². The van der Waals surface area contributed by atoms with E-state index < -0.39 is 10.0 Å². The molecule has 0 aliphatic rings. The molecule has 1 atom stereocenters. The zero-order valence-electron chi connectivity index (χ0n) is 8.90. The summed E-state index contributed by atoms with van der Waals surface area (Å²) in [7, 11) is -3.59. The molecule has 1 aromatic rings. The van der Waals surface area contributed by atoms with Crippen molar-refractivity contribution in [3.63, 3.8) is 0 Å². The SMILES string of the molecule is CCC(CC(=N)N)NS(=O)(=O)c1ccn[nH]1. The Morgan fingerprint density at radius 1 is 1.75 bits per heavy atom. The second-order valence-corrected chi connectivity index (χ2v) is 5.06. The van der Waals surface area contributed by atoms with Crippen molar-refractivity contribution in [2.75, 3.05) is 0 Å². The van der Waals surface area contributed by atoms with Crippen LogP contribution in [0.25, 0.3) is 0 Å². The number of amidine groups is 1. The van der Waals surface area contributed by atoms with E-state index in [2.05, 4.69) is 14.9 Å². The van der Waals surface area contributed by atoms with Crippen LogP contribution in [0.3, 0.4) is 0 Å². The van der Waals surface area contributed by atoms with Crippen LogP contribution >= 0.6 is 0 Å². The molecule has 5 N–H and O–H groups in total. The van der Waals surface area contributed by atoms with Gasteiger partial charge in [0.1, 0.15) is 0 Å². The minimum absolute atomic E-state index is 0.00880. The number of nitrogens with two attached hydrogens (primary N) is 1. The van der Waals surface area contributed by atoms with Crippen molar-refractivity contribution in [1.82, 2.24) is 14.9 Å². The smallest absolute Gasteiger partial charge is 0.257 e. The molecule has 0 saturated carbocycles. The fraction of sp³-hybridized carbons (Fsp3) is 0.500. The summed E-state index contributed by atoms with van der Waals surface area (Å²) in [6.45, 7) is 1.82. The van der Waals surface area contributed by atoms with Gasteiger partial charge in [0.05, 0.1) is 12.0 Å². The van der Waals surface area contributed by atoms with Gasteiger partial charge in [-0.05, 0) is 12.5 Å². The number of rotatable bonds is 6. The summed E-state index contributed by atoms with van der Waals surface area (Å²) >= 11 is 0. The number of sulfonamides is 1. The number of H-pyrrole nitrogens is 1. The minimum Gasteiger partial charge on any atom is -0.388 e. The van der Waals surface area contributed by atoms with Crippen molar-refractivity contribution < 1.29 is 8.42 Å². The standard InChI is InChI=1S/C8H15N5O2S/c1-2-6(5-7(9)10)13-16(14,15)8-3-4-11-12-8/h3-4,6,13H,2,5H2,1H3,(H3,9,10)(H,11,12). The quantitative estimate of drug-likeness (QED) is 0.409. The Morgan fingerprint density at radius 2 is 2.44 bits per heavy atom. The molecule has 0 aliphatic heterocycles. The maximum Gasteiger partial charge on any atom is 0.257 e. The molecule has 1 unspecified atom stereocenters. The van der Waals surface area contributed by atoms with Gasteiger partial charge in [0.25, 0.3) is 10.0 Å². The van der Waals surface area contributed by atoms with E-state index in [1.807, 2.05) is 6.92 Å². The Morgan fingerprint density at radius 3 is 2.88 bits per heavy atom. The topological polar surface area (TPSA) is 125 Å². The van der Waals surface area contributed by atoms with Gasteiger partial charge in [-0.1, -0.05) is 6.92 Å². The van der Waals surface area contributed by atoms with Gasteiger partial charge in [0.2, 0.25) is 0 Å². The molecule has 8 heteroatoms. The van der Waals surface area contributed by atoms with E-state index in [4.69, 9.17) is 11.1 Å². The van der Waals surface area contributed by atoms with Gasteiger partial charge >= 0.3 is 0 Å². The number of hydrogen-bond donors (Lipinski definition) is 4. The van der Waals surface area contributed by atoms with Gasteiger partial charge in [0, 0.05) is 12.5 Å². The molecule has 90 valence electrons. The molecule has 0 spiro atoms. The van der Waals surface area contributed by atoms with E-state index in [9.17, 15) is 8.42 Å². The lowest BCUT2D eigenvalue weighted by molar-refractivity contribution is 0.542. The van der Waals surface area contributed by atoms with Crippen molar-refractivity contribution in [2.24, 2.45) is 5.73 Å². The Labute approximate surface area is 94.0 Å². The predicted octanol–water partition coefficient (Wildman–Crippen LogP) is -0.207. The first-order chi connectivity index (χ1) is 7.45. The number of aromatic nitrogens is 2. The summed E-state index contributed by atoms with van der Waals surface area (Å²) in [5.41, 5.74) is 5.23. The highest BCUT2D eigenvalue weighted by molar-refractivity contribution is 7.89. The van der Waals surface area contributed by atoms with E-state index in [0.717, 1.165) is 0 Å². The predicted molar refractivity (Wildman–Crippen MR) is 59.5 cm³/mol. The van der Waals surface area contributed by atoms with E-state index in [1.54, 1.807) is 0 Å². The molecular weight excluding hydrogens is 230 g/mol. The first kappa shape index (κ1) is 12.7. The lowest BCUT2D eigenvalue weighted by Crippen LogP contribution is -2.37. The number of nitrogens with one attached hydrogen (secondary N) is 3. The molecule has 0 amide bonds. The van der Waals surface area contributed by atoms with Crippen LogP contribution in [0.5, 0.6) is 0 Å². The summed E-state index contributed by atoms with van der Waals surface area (Å²) < 4.78 is 26.0. The van der Waals surface area contributed by atoms with Crippen molar-refractivity contribution in [1.29, 1.82) is 5.41 Å². The largest absolute Gasteiger partial charge is 0.388 e. The zero-order chi connectivity index (χ0) is 12.2. The number of nitrogens with zero attached hydrogens (tertiary/aromatic N) is 1. The summed E-state index contributed by atoms with van der Waals surface area (Å²) in [6, 6.07) is 0.994. The Bertz CT molecular complexity index is 439. The van der Waals surface area contributed by atoms with Crippen molar-refractivity contribution >= 4 is 15.9 Å². The third kappa shape index (κ3) is 3.31. The monoisotopic (exact) mass is 245 g/mol.